The maximum Gasteiger partial charge on any atom is 0.328 e. The summed E-state index contributed by atoms with van der Waals surface area (Å²) in [6.45, 7) is -0.441. The predicted octanol–water partition coefficient (Wildman–Crippen LogP) is -0.835. The molecule has 4 unspecified atom stereocenters. The minimum absolute atomic E-state index is 0.0417. The zero-order valence-corrected chi connectivity index (χ0v) is 21.6. The first-order chi connectivity index (χ1) is 18.6. The molecule has 0 saturated heterocycles. The van der Waals surface area contributed by atoms with Crippen LogP contribution in [0.4, 0.5) is 0 Å². The van der Waals surface area contributed by atoms with Gasteiger partial charge in [0.05, 0.1) is 12.6 Å². The lowest BCUT2D eigenvalue weighted by Gasteiger charge is -2.25. The van der Waals surface area contributed by atoms with E-state index in [-0.39, 0.29) is 25.0 Å². The Labute approximate surface area is 226 Å². The molecule has 10 N–H and O–H groups in total. The molecule has 0 spiro atoms. The zero-order chi connectivity index (χ0) is 28.8. The van der Waals surface area contributed by atoms with Crippen LogP contribution in [-0.4, -0.2) is 76.3 Å². The molecule has 0 bridgehead atoms. The van der Waals surface area contributed by atoms with Gasteiger partial charge >= 0.3 is 5.97 Å². The van der Waals surface area contributed by atoms with Crippen LogP contribution in [0.5, 0.6) is 5.75 Å². The molecule has 12 nitrogen and oxygen atoms in total. The normalized spacial score (nSPS) is 13.9. The lowest BCUT2D eigenvalue weighted by Crippen LogP contribution is -2.58. The number of carboxylic acids is 1. The highest BCUT2D eigenvalue weighted by molar-refractivity contribution is 5.94. The third-order valence-electron chi connectivity index (χ3n) is 6.02. The van der Waals surface area contributed by atoms with Crippen LogP contribution in [0.3, 0.4) is 0 Å². The van der Waals surface area contributed by atoms with Crippen LogP contribution < -0.4 is 27.4 Å². The number of unbranched alkanes of at least 4 members (excludes halogenated alkanes) is 1. The average Bonchev–Trinajstić information content (AvgIpc) is 2.92. The molecule has 0 radical (unpaired) electrons. The Balaban J connectivity index is 2.17. The number of carboxylic acid groups (broad SMARTS) is 1. The highest BCUT2D eigenvalue weighted by Crippen LogP contribution is 2.12. The summed E-state index contributed by atoms with van der Waals surface area (Å²) in [5.41, 5.74) is 13.1. The number of nitrogens with two attached hydrogens (primary N) is 2. The fourth-order valence-electron chi connectivity index (χ4n) is 3.81. The van der Waals surface area contributed by atoms with Gasteiger partial charge in [0.1, 0.15) is 23.9 Å². The number of phenolic OH excluding ortho intramolecular Hbond substituents is 1. The SMILES string of the molecule is NCCCCC(NC(=O)C(N)Cc1ccc(O)cc1)C(=O)NC(Cc1ccccc1)C(=O)NC(CO)C(=O)O. The number of phenols is 1. The van der Waals surface area contributed by atoms with Gasteiger partial charge in [0, 0.05) is 6.42 Å². The van der Waals surface area contributed by atoms with E-state index in [1.54, 1.807) is 42.5 Å². The maximum absolute atomic E-state index is 13.3. The largest absolute Gasteiger partial charge is 0.508 e. The highest BCUT2D eigenvalue weighted by Gasteiger charge is 2.30. The first-order valence-electron chi connectivity index (χ1n) is 12.7. The van der Waals surface area contributed by atoms with Crippen molar-refractivity contribution in [1.29, 1.82) is 0 Å². The van der Waals surface area contributed by atoms with E-state index >= 15 is 0 Å². The molecule has 212 valence electrons. The number of aliphatic carboxylic acids is 1. The summed E-state index contributed by atoms with van der Waals surface area (Å²) in [6.07, 6.45) is 1.56. The van der Waals surface area contributed by atoms with Crippen molar-refractivity contribution in [2.45, 2.75) is 56.3 Å². The first kappa shape index (κ1) is 31.2. The summed E-state index contributed by atoms with van der Waals surface area (Å²) in [5.74, 6) is -3.37. The summed E-state index contributed by atoms with van der Waals surface area (Å²) in [5, 5.41) is 35.5. The van der Waals surface area contributed by atoms with Gasteiger partial charge < -0.3 is 42.7 Å². The van der Waals surface area contributed by atoms with Crippen LogP contribution in [-0.2, 0) is 32.0 Å². The van der Waals surface area contributed by atoms with Gasteiger partial charge in [-0.05, 0) is 55.5 Å². The maximum atomic E-state index is 13.3. The van der Waals surface area contributed by atoms with Gasteiger partial charge in [-0.25, -0.2) is 4.79 Å². The Morgan fingerprint density at radius 3 is 1.90 bits per heavy atom. The Hall–Kier alpha value is -4.00. The molecule has 12 heteroatoms. The number of carbonyl (C=O) groups excluding carboxylic acids is 3. The lowest BCUT2D eigenvalue weighted by atomic mass is 10.0. The third-order valence-corrected chi connectivity index (χ3v) is 6.02. The summed E-state index contributed by atoms with van der Waals surface area (Å²) >= 11 is 0. The molecule has 3 amide bonds. The zero-order valence-electron chi connectivity index (χ0n) is 21.6. The van der Waals surface area contributed by atoms with Gasteiger partial charge in [-0.2, -0.15) is 0 Å². The topological polar surface area (TPSA) is 217 Å². The number of hydrogen-bond donors (Lipinski definition) is 8. The van der Waals surface area contributed by atoms with Crippen molar-refractivity contribution < 1.29 is 34.5 Å². The molecule has 2 aromatic rings. The van der Waals surface area contributed by atoms with E-state index < -0.39 is 54.5 Å². The fourth-order valence-corrected chi connectivity index (χ4v) is 3.81. The number of rotatable bonds is 16. The second-order valence-corrected chi connectivity index (χ2v) is 9.16. The van der Waals surface area contributed by atoms with Crippen molar-refractivity contribution in [3.63, 3.8) is 0 Å². The Kier molecular flexibility index (Phi) is 12.9. The summed E-state index contributed by atoms with van der Waals surface area (Å²) in [4.78, 5) is 50.5. The van der Waals surface area contributed by atoms with E-state index in [1.165, 1.54) is 12.1 Å². The minimum atomic E-state index is -1.55. The van der Waals surface area contributed by atoms with Gasteiger partial charge in [-0.3, -0.25) is 14.4 Å². The number of aliphatic hydroxyl groups excluding tert-OH is 1. The molecule has 0 aliphatic heterocycles. The van der Waals surface area contributed by atoms with E-state index in [0.29, 0.717) is 24.9 Å². The number of hydrogen-bond acceptors (Lipinski definition) is 8. The van der Waals surface area contributed by atoms with E-state index in [9.17, 15) is 34.5 Å². The van der Waals surface area contributed by atoms with Crippen molar-refractivity contribution in [1.82, 2.24) is 16.0 Å². The number of benzene rings is 2. The van der Waals surface area contributed by atoms with Crippen LogP contribution in [0.25, 0.3) is 0 Å². The van der Waals surface area contributed by atoms with E-state index in [1.807, 2.05) is 0 Å². The van der Waals surface area contributed by atoms with Gasteiger partial charge in [-0.15, -0.1) is 0 Å². The minimum Gasteiger partial charge on any atom is -0.508 e. The van der Waals surface area contributed by atoms with Gasteiger partial charge in [0.25, 0.3) is 0 Å². The van der Waals surface area contributed by atoms with Crippen LogP contribution in [0, 0.1) is 0 Å². The quantitative estimate of drug-likeness (QED) is 0.124. The number of amides is 3. The third kappa shape index (κ3) is 10.7. The summed E-state index contributed by atoms with van der Waals surface area (Å²) in [6, 6.07) is 10.3. The molecule has 0 heterocycles. The molecule has 0 fully saturated rings. The average molecular weight is 544 g/mol. The predicted molar refractivity (Wildman–Crippen MR) is 143 cm³/mol. The second kappa shape index (κ2) is 16.1. The molecular formula is C27H37N5O7. The smallest absolute Gasteiger partial charge is 0.328 e. The van der Waals surface area contributed by atoms with Crippen molar-refractivity contribution in [3.8, 4) is 5.75 Å². The molecule has 4 atom stereocenters. The number of nitrogens with one attached hydrogen (secondary N) is 3. The summed E-state index contributed by atoms with van der Waals surface area (Å²) < 4.78 is 0. The van der Waals surface area contributed by atoms with Crippen molar-refractivity contribution >= 4 is 23.7 Å². The van der Waals surface area contributed by atoms with Crippen molar-refractivity contribution in [2.24, 2.45) is 11.5 Å². The van der Waals surface area contributed by atoms with Gasteiger partial charge in [0.2, 0.25) is 17.7 Å². The molecule has 2 aromatic carbocycles. The van der Waals surface area contributed by atoms with Crippen LogP contribution in [0.1, 0.15) is 30.4 Å². The van der Waals surface area contributed by atoms with Gasteiger partial charge in [0.15, 0.2) is 0 Å². The lowest BCUT2D eigenvalue weighted by molar-refractivity contribution is -0.143. The Morgan fingerprint density at radius 1 is 0.744 bits per heavy atom. The second-order valence-electron chi connectivity index (χ2n) is 9.16. The molecule has 0 saturated carbocycles. The fraction of sp³-hybridized carbons (Fsp3) is 0.407. The molecule has 0 aromatic heterocycles. The number of aromatic hydroxyl groups is 1. The molecule has 39 heavy (non-hydrogen) atoms. The van der Waals surface area contributed by atoms with E-state index in [2.05, 4.69) is 16.0 Å². The van der Waals surface area contributed by atoms with E-state index in [0.717, 1.165) is 5.56 Å². The first-order valence-corrected chi connectivity index (χ1v) is 12.7. The molecule has 0 aliphatic rings. The summed E-state index contributed by atoms with van der Waals surface area (Å²) in [7, 11) is 0. The monoisotopic (exact) mass is 543 g/mol. The highest BCUT2D eigenvalue weighted by atomic mass is 16.4. The van der Waals surface area contributed by atoms with Crippen molar-refractivity contribution in [3.05, 3.63) is 65.7 Å². The Bertz CT molecular complexity index is 1080. The molecule has 2 rings (SSSR count). The number of aliphatic hydroxyl groups is 1. The molecule has 0 aliphatic carbocycles. The molecular weight excluding hydrogens is 506 g/mol. The van der Waals surface area contributed by atoms with Crippen molar-refractivity contribution in [2.75, 3.05) is 13.2 Å². The van der Waals surface area contributed by atoms with Crippen LogP contribution in [0.15, 0.2) is 54.6 Å². The van der Waals surface area contributed by atoms with E-state index in [4.69, 9.17) is 11.5 Å². The number of carbonyl (C=O) groups is 4. The Morgan fingerprint density at radius 2 is 1.31 bits per heavy atom. The van der Waals surface area contributed by atoms with Crippen LogP contribution >= 0.6 is 0 Å². The van der Waals surface area contributed by atoms with Crippen LogP contribution in [0.2, 0.25) is 0 Å². The standard InChI is InChI=1S/C27H37N5O7/c28-13-5-4-8-21(30-24(35)20(29)14-18-9-11-19(34)12-10-18)25(36)31-22(15-17-6-2-1-3-7-17)26(37)32-23(16-33)27(38)39/h1-3,6-7,9-12,20-23,33-34H,4-5,8,13-16,28-29H2,(H,30,35)(H,31,36)(H,32,37)(H,38,39). The van der Waals surface area contributed by atoms with Gasteiger partial charge in [-0.1, -0.05) is 42.5 Å².